The summed E-state index contributed by atoms with van der Waals surface area (Å²) in [6, 6.07) is 0.474. The molecule has 0 spiro atoms. The van der Waals surface area contributed by atoms with Gasteiger partial charge < -0.3 is 15.5 Å². The van der Waals surface area contributed by atoms with Crippen LogP contribution in [0.2, 0.25) is 0 Å². The van der Waals surface area contributed by atoms with E-state index in [9.17, 15) is 4.79 Å². The van der Waals surface area contributed by atoms with Gasteiger partial charge >= 0.3 is 0 Å². The molecule has 0 aromatic rings. The normalized spacial score (nSPS) is 25.6. The number of piperazine rings is 1. The minimum absolute atomic E-state index is 0.0156. The van der Waals surface area contributed by atoms with Crippen molar-refractivity contribution in [3.05, 3.63) is 0 Å². The Bertz CT molecular complexity index is 268. The van der Waals surface area contributed by atoms with Crippen molar-refractivity contribution >= 4 is 5.91 Å². The molecule has 2 rings (SSSR count). The molecule has 1 amide bonds. The van der Waals surface area contributed by atoms with Gasteiger partial charge in [-0.1, -0.05) is 26.7 Å². The van der Waals surface area contributed by atoms with Crippen LogP contribution in [0.4, 0.5) is 0 Å². The monoisotopic (exact) mass is 253 g/mol. The zero-order valence-electron chi connectivity index (χ0n) is 11.7. The summed E-state index contributed by atoms with van der Waals surface area (Å²) in [4.78, 5) is 14.8. The molecular formula is C14H27N3O. The maximum atomic E-state index is 12.6. The summed E-state index contributed by atoms with van der Waals surface area (Å²) in [5.74, 6) is 0.855. The fourth-order valence-electron chi connectivity index (χ4n) is 3.06. The molecule has 104 valence electrons. The number of carbonyl (C=O) groups excluding carboxylic acids is 1. The second-order valence-electron chi connectivity index (χ2n) is 6.03. The molecule has 2 N–H and O–H groups in total. The molecule has 1 saturated carbocycles. The molecule has 2 aliphatic rings. The van der Waals surface area contributed by atoms with Crippen molar-refractivity contribution in [2.24, 2.45) is 5.92 Å². The zero-order valence-corrected chi connectivity index (χ0v) is 11.7. The lowest BCUT2D eigenvalue weighted by Gasteiger charge is -2.35. The zero-order chi connectivity index (χ0) is 13.0. The van der Waals surface area contributed by atoms with Crippen LogP contribution in [-0.4, -0.2) is 49.1 Å². The third-order valence-electron chi connectivity index (χ3n) is 3.95. The summed E-state index contributed by atoms with van der Waals surface area (Å²) in [6.45, 7) is 7.94. The van der Waals surface area contributed by atoms with Gasteiger partial charge in [0.05, 0.1) is 6.04 Å². The molecule has 1 saturated heterocycles. The summed E-state index contributed by atoms with van der Waals surface area (Å²) >= 11 is 0. The minimum atomic E-state index is -0.0156. The molecule has 4 nitrogen and oxygen atoms in total. The van der Waals surface area contributed by atoms with E-state index in [1.807, 2.05) is 0 Å². The summed E-state index contributed by atoms with van der Waals surface area (Å²) in [5.41, 5.74) is 0. The van der Waals surface area contributed by atoms with E-state index < -0.39 is 0 Å². The van der Waals surface area contributed by atoms with Gasteiger partial charge in [-0.15, -0.1) is 0 Å². The maximum Gasteiger partial charge on any atom is 0.241 e. The molecule has 0 aromatic carbocycles. The first-order valence-electron chi connectivity index (χ1n) is 7.43. The predicted molar refractivity (Wildman–Crippen MR) is 73.5 cm³/mol. The van der Waals surface area contributed by atoms with Crippen molar-refractivity contribution in [3.8, 4) is 0 Å². The fourth-order valence-corrected chi connectivity index (χ4v) is 3.06. The smallest absolute Gasteiger partial charge is 0.241 e. The highest BCUT2D eigenvalue weighted by atomic mass is 16.2. The highest BCUT2D eigenvalue weighted by molar-refractivity contribution is 5.82. The second kappa shape index (κ2) is 6.53. The fraction of sp³-hybridized carbons (Fsp3) is 0.929. The molecule has 1 aliphatic carbocycles. The van der Waals surface area contributed by atoms with Gasteiger partial charge in [-0.2, -0.15) is 0 Å². The Balaban J connectivity index is 1.99. The average molecular weight is 253 g/mol. The summed E-state index contributed by atoms with van der Waals surface area (Å²) in [6.07, 6.45) is 4.95. The molecule has 1 heterocycles. The number of rotatable bonds is 4. The Morgan fingerprint density at radius 2 is 2.00 bits per heavy atom. The van der Waals surface area contributed by atoms with Crippen LogP contribution in [0.15, 0.2) is 0 Å². The molecule has 0 bridgehead atoms. The molecule has 0 radical (unpaired) electrons. The van der Waals surface area contributed by atoms with Gasteiger partial charge in [-0.25, -0.2) is 0 Å². The van der Waals surface area contributed by atoms with Gasteiger partial charge in [-0.3, -0.25) is 4.79 Å². The first kappa shape index (κ1) is 13.8. The molecule has 1 unspecified atom stereocenters. The van der Waals surface area contributed by atoms with Crippen LogP contribution in [0.3, 0.4) is 0 Å². The van der Waals surface area contributed by atoms with Crippen molar-refractivity contribution in [1.29, 1.82) is 0 Å². The largest absolute Gasteiger partial charge is 0.338 e. The molecular weight excluding hydrogens is 226 g/mol. The predicted octanol–water partition coefficient (Wildman–Crippen LogP) is 0.975. The SMILES string of the molecule is CC(C)CN(C(=O)C1CNCCN1)C1CCCC1. The van der Waals surface area contributed by atoms with E-state index in [0.717, 1.165) is 26.2 Å². The molecule has 0 aromatic heterocycles. The lowest BCUT2D eigenvalue weighted by atomic mass is 10.1. The van der Waals surface area contributed by atoms with Crippen LogP contribution >= 0.6 is 0 Å². The van der Waals surface area contributed by atoms with Crippen LogP contribution < -0.4 is 10.6 Å². The summed E-state index contributed by atoms with van der Waals surface area (Å²) in [5, 5.41) is 6.65. The van der Waals surface area contributed by atoms with Gasteiger partial charge in [-0.05, 0) is 18.8 Å². The van der Waals surface area contributed by atoms with E-state index in [-0.39, 0.29) is 6.04 Å². The second-order valence-corrected chi connectivity index (χ2v) is 6.03. The quantitative estimate of drug-likeness (QED) is 0.785. The van der Waals surface area contributed by atoms with Gasteiger partial charge in [0.2, 0.25) is 5.91 Å². The summed E-state index contributed by atoms with van der Waals surface area (Å²) < 4.78 is 0. The van der Waals surface area contributed by atoms with Gasteiger partial charge in [0.1, 0.15) is 0 Å². The number of hydrogen-bond acceptors (Lipinski definition) is 3. The Hall–Kier alpha value is -0.610. The number of hydrogen-bond donors (Lipinski definition) is 2. The van der Waals surface area contributed by atoms with Gasteiger partial charge in [0.15, 0.2) is 0 Å². The Morgan fingerprint density at radius 1 is 1.28 bits per heavy atom. The Morgan fingerprint density at radius 3 is 2.56 bits per heavy atom. The number of nitrogens with zero attached hydrogens (tertiary/aromatic N) is 1. The third kappa shape index (κ3) is 3.45. The highest BCUT2D eigenvalue weighted by Gasteiger charge is 2.32. The number of amides is 1. The Kier molecular flexibility index (Phi) is 5.01. The third-order valence-corrected chi connectivity index (χ3v) is 3.95. The van der Waals surface area contributed by atoms with E-state index in [1.165, 1.54) is 25.7 Å². The van der Waals surface area contributed by atoms with Crippen molar-refractivity contribution in [2.75, 3.05) is 26.2 Å². The average Bonchev–Trinajstić information content (AvgIpc) is 2.89. The lowest BCUT2D eigenvalue weighted by molar-refractivity contribution is -0.136. The maximum absolute atomic E-state index is 12.6. The molecule has 18 heavy (non-hydrogen) atoms. The van der Waals surface area contributed by atoms with E-state index >= 15 is 0 Å². The standard InChI is InChI=1S/C14H27N3O/c1-11(2)10-17(12-5-3-4-6-12)14(18)13-9-15-7-8-16-13/h11-13,15-16H,3-10H2,1-2H3. The van der Waals surface area contributed by atoms with Gasteiger partial charge in [0.25, 0.3) is 0 Å². The highest BCUT2D eigenvalue weighted by Crippen LogP contribution is 2.25. The van der Waals surface area contributed by atoms with Crippen LogP contribution in [0.25, 0.3) is 0 Å². The van der Waals surface area contributed by atoms with Crippen LogP contribution in [0.1, 0.15) is 39.5 Å². The first-order valence-corrected chi connectivity index (χ1v) is 7.43. The topological polar surface area (TPSA) is 44.4 Å². The molecule has 1 aliphatic heterocycles. The van der Waals surface area contributed by atoms with E-state index in [2.05, 4.69) is 29.4 Å². The first-order chi connectivity index (χ1) is 8.68. The van der Waals surface area contributed by atoms with E-state index in [4.69, 9.17) is 0 Å². The Labute approximate surface area is 110 Å². The molecule has 2 fully saturated rings. The van der Waals surface area contributed by atoms with Gasteiger partial charge in [0, 0.05) is 32.2 Å². The summed E-state index contributed by atoms with van der Waals surface area (Å²) in [7, 11) is 0. The van der Waals surface area contributed by atoms with Crippen molar-refractivity contribution < 1.29 is 4.79 Å². The van der Waals surface area contributed by atoms with Crippen LogP contribution in [0, 0.1) is 5.92 Å². The van der Waals surface area contributed by atoms with Crippen molar-refractivity contribution in [3.63, 3.8) is 0 Å². The van der Waals surface area contributed by atoms with Crippen molar-refractivity contribution in [1.82, 2.24) is 15.5 Å². The number of carbonyl (C=O) groups is 1. The molecule has 4 heteroatoms. The van der Waals surface area contributed by atoms with Crippen LogP contribution in [0.5, 0.6) is 0 Å². The lowest BCUT2D eigenvalue weighted by Crippen LogP contribution is -2.58. The molecule has 1 atom stereocenters. The van der Waals surface area contributed by atoms with E-state index in [1.54, 1.807) is 0 Å². The minimum Gasteiger partial charge on any atom is -0.338 e. The van der Waals surface area contributed by atoms with Crippen LogP contribution in [-0.2, 0) is 4.79 Å². The van der Waals surface area contributed by atoms with Crippen molar-refractivity contribution in [2.45, 2.75) is 51.6 Å². The van der Waals surface area contributed by atoms with E-state index in [0.29, 0.717) is 17.9 Å². The number of nitrogens with one attached hydrogen (secondary N) is 2.